The number of nitrogens with zero attached hydrogens (tertiary/aromatic N) is 2. The number of benzene rings is 1. The molecule has 1 aliphatic rings. The van der Waals surface area contributed by atoms with E-state index in [0.717, 1.165) is 17.5 Å². The molecule has 0 radical (unpaired) electrons. The van der Waals surface area contributed by atoms with Crippen LogP contribution in [0.5, 0.6) is 0 Å². The highest BCUT2D eigenvalue weighted by Gasteiger charge is 2.09. The van der Waals surface area contributed by atoms with Crippen molar-refractivity contribution in [1.82, 2.24) is 0 Å². The van der Waals surface area contributed by atoms with Crippen molar-refractivity contribution in [3.63, 3.8) is 0 Å². The lowest BCUT2D eigenvalue weighted by Crippen LogP contribution is -2.13. The number of aliphatic carboxylic acids is 1. The molecule has 1 amide bonds. The van der Waals surface area contributed by atoms with Crippen LogP contribution in [0.4, 0.5) is 11.4 Å². The van der Waals surface area contributed by atoms with Crippen LogP contribution >= 0.6 is 11.8 Å². The van der Waals surface area contributed by atoms with Gasteiger partial charge in [0.2, 0.25) is 5.91 Å². The number of aliphatic imine (C=N–C) groups is 1. The van der Waals surface area contributed by atoms with Gasteiger partial charge in [-0.3, -0.25) is 24.7 Å². The largest absolute Gasteiger partial charge is 0.481 e. The van der Waals surface area contributed by atoms with Crippen LogP contribution in [-0.2, 0) is 9.59 Å². The molecule has 9 nitrogen and oxygen atoms in total. The first-order valence-electron chi connectivity index (χ1n) is 6.57. The summed E-state index contributed by atoms with van der Waals surface area (Å²) in [6.07, 6.45) is -0.446. The molecule has 0 atom stereocenters. The smallest absolute Gasteiger partial charge is 0.303 e. The van der Waals surface area contributed by atoms with Crippen LogP contribution in [0.25, 0.3) is 0 Å². The first kappa shape index (κ1) is 18.4. The van der Waals surface area contributed by atoms with Gasteiger partial charge in [0, 0.05) is 30.0 Å². The normalized spacial score (nSPS) is 12.6. The van der Waals surface area contributed by atoms with E-state index in [1.807, 2.05) is 0 Å². The van der Waals surface area contributed by atoms with E-state index in [2.05, 4.69) is 10.3 Å². The number of carboxylic acids is 1. The van der Waals surface area contributed by atoms with E-state index in [0.29, 0.717) is 0 Å². The first-order chi connectivity index (χ1) is 10.9. The number of nitrogens with two attached hydrogens (primary N) is 1. The Morgan fingerprint density at radius 2 is 2.17 bits per heavy atom. The topological polar surface area (TPSA) is 148 Å². The quantitative estimate of drug-likeness (QED) is 0.542. The van der Waals surface area contributed by atoms with Crippen LogP contribution in [0.15, 0.2) is 29.3 Å². The Bertz CT molecular complexity index is 620. The second-order valence-corrected chi connectivity index (χ2v) is 5.43. The number of carbonyl (C=O) groups is 2. The van der Waals surface area contributed by atoms with Crippen LogP contribution in [-0.4, -0.2) is 39.4 Å². The molecule has 4 N–H and O–H groups in total. The molecule has 1 aromatic rings. The predicted molar refractivity (Wildman–Crippen MR) is 87.5 cm³/mol. The Hall–Kier alpha value is -2.62. The highest BCUT2D eigenvalue weighted by molar-refractivity contribution is 8.14. The molecule has 0 aromatic heterocycles. The van der Waals surface area contributed by atoms with Crippen LogP contribution in [0.3, 0.4) is 0 Å². The molecule has 0 spiro atoms. The van der Waals surface area contributed by atoms with Crippen LogP contribution in [0, 0.1) is 10.1 Å². The fourth-order valence-corrected chi connectivity index (χ4v) is 2.07. The molecule has 10 heteroatoms. The fraction of sp³-hybridized carbons (Fsp3) is 0.308. The lowest BCUT2D eigenvalue weighted by atomic mass is 10.2. The SMILES string of the molecule is NC1=NCCS1.O=C(O)CCC(=O)Nc1cccc([N+](=O)[O-])c1. The summed E-state index contributed by atoms with van der Waals surface area (Å²) in [4.78, 5) is 35.3. The van der Waals surface area contributed by atoms with Gasteiger partial charge in [0.15, 0.2) is 5.17 Å². The molecule has 0 saturated heterocycles. The van der Waals surface area contributed by atoms with Crippen molar-refractivity contribution in [3.8, 4) is 0 Å². The van der Waals surface area contributed by atoms with Gasteiger partial charge >= 0.3 is 5.97 Å². The number of amides is 1. The molecular formula is C13H16N4O5S. The molecule has 0 aliphatic carbocycles. The molecule has 1 aliphatic heterocycles. The highest BCUT2D eigenvalue weighted by atomic mass is 32.2. The van der Waals surface area contributed by atoms with Gasteiger partial charge in [-0.1, -0.05) is 17.8 Å². The van der Waals surface area contributed by atoms with Gasteiger partial charge < -0.3 is 16.2 Å². The van der Waals surface area contributed by atoms with Crippen molar-refractivity contribution in [2.24, 2.45) is 10.7 Å². The number of nitro groups is 1. The molecule has 23 heavy (non-hydrogen) atoms. The number of hydrogen-bond acceptors (Lipinski definition) is 7. The second-order valence-electron chi connectivity index (χ2n) is 4.32. The lowest BCUT2D eigenvalue weighted by Gasteiger charge is -2.03. The van der Waals surface area contributed by atoms with Gasteiger partial charge in [0.1, 0.15) is 0 Å². The third kappa shape index (κ3) is 7.81. The number of carbonyl (C=O) groups excluding carboxylic acids is 1. The number of hydrogen-bond donors (Lipinski definition) is 3. The zero-order chi connectivity index (χ0) is 17.2. The summed E-state index contributed by atoms with van der Waals surface area (Å²) < 4.78 is 0. The van der Waals surface area contributed by atoms with E-state index in [1.165, 1.54) is 24.3 Å². The fourth-order valence-electron chi connectivity index (χ4n) is 1.49. The van der Waals surface area contributed by atoms with Gasteiger partial charge in [-0.2, -0.15) is 0 Å². The number of thioether (sulfide) groups is 1. The molecule has 1 heterocycles. The summed E-state index contributed by atoms with van der Waals surface area (Å²) in [6.45, 7) is 0.913. The Balaban J connectivity index is 0.000000366. The Morgan fingerprint density at radius 3 is 2.65 bits per heavy atom. The van der Waals surface area contributed by atoms with Gasteiger partial charge in [-0.15, -0.1) is 0 Å². The van der Waals surface area contributed by atoms with E-state index in [-0.39, 0.29) is 24.2 Å². The van der Waals surface area contributed by atoms with Crippen LogP contribution in [0.1, 0.15) is 12.8 Å². The lowest BCUT2D eigenvalue weighted by molar-refractivity contribution is -0.384. The maximum Gasteiger partial charge on any atom is 0.303 e. The zero-order valence-corrected chi connectivity index (χ0v) is 12.9. The minimum atomic E-state index is -1.07. The maximum absolute atomic E-state index is 11.3. The van der Waals surface area contributed by atoms with Gasteiger partial charge in [0.25, 0.3) is 5.69 Å². The molecule has 0 bridgehead atoms. The second kappa shape index (κ2) is 9.41. The summed E-state index contributed by atoms with van der Waals surface area (Å²) in [5, 5.41) is 22.0. The van der Waals surface area contributed by atoms with Crippen molar-refractivity contribution in [2.75, 3.05) is 17.6 Å². The minimum absolute atomic E-state index is 0.138. The number of non-ortho nitro benzene ring substituents is 1. The number of nitrogens with one attached hydrogen (secondary N) is 1. The Kier molecular flexibility index (Phi) is 7.54. The summed E-state index contributed by atoms with van der Waals surface area (Å²) in [5.74, 6) is -0.488. The van der Waals surface area contributed by atoms with E-state index in [1.54, 1.807) is 11.8 Å². The first-order valence-corrected chi connectivity index (χ1v) is 7.56. The van der Waals surface area contributed by atoms with E-state index < -0.39 is 16.8 Å². The standard InChI is InChI=1S/C10H10N2O5.C3H6N2S/c13-9(4-5-10(14)15)11-7-2-1-3-8(6-7)12(16)17;4-3-5-1-2-6-3/h1-3,6H,4-5H2,(H,11,13)(H,14,15);1-2H2,(H2,4,5). The predicted octanol–water partition coefficient (Wildman–Crippen LogP) is 1.45. The van der Waals surface area contributed by atoms with Crippen LogP contribution < -0.4 is 11.1 Å². The van der Waals surface area contributed by atoms with Gasteiger partial charge in [-0.05, 0) is 6.07 Å². The minimum Gasteiger partial charge on any atom is -0.481 e. The van der Waals surface area contributed by atoms with Crippen molar-refractivity contribution in [2.45, 2.75) is 12.8 Å². The van der Waals surface area contributed by atoms with E-state index >= 15 is 0 Å². The average molecular weight is 340 g/mol. The number of rotatable bonds is 5. The summed E-state index contributed by atoms with van der Waals surface area (Å²) in [5.41, 5.74) is 5.38. The monoisotopic (exact) mass is 340 g/mol. The van der Waals surface area contributed by atoms with Gasteiger partial charge in [-0.25, -0.2) is 0 Å². The maximum atomic E-state index is 11.3. The molecule has 1 aromatic carbocycles. The van der Waals surface area contributed by atoms with Crippen molar-refractivity contribution >= 4 is 40.2 Å². The molecule has 2 rings (SSSR count). The Labute approximate surface area is 136 Å². The zero-order valence-electron chi connectivity index (χ0n) is 12.1. The number of carboxylic acid groups (broad SMARTS) is 1. The molecular weight excluding hydrogens is 324 g/mol. The summed E-state index contributed by atoms with van der Waals surface area (Å²) >= 11 is 1.62. The third-order valence-electron chi connectivity index (χ3n) is 2.52. The van der Waals surface area contributed by atoms with Crippen molar-refractivity contribution in [1.29, 1.82) is 0 Å². The molecule has 124 valence electrons. The molecule has 0 saturated carbocycles. The number of nitro benzene ring substituents is 1. The number of anilines is 1. The molecule has 0 unspecified atom stereocenters. The highest BCUT2D eigenvalue weighted by Crippen LogP contribution is 2.17. The summed E-state index contributed by atoms with van der Waals surface area (Å²) in [6, 6.07) is 5.43. The summed E-state index contributed by atoms with van der Waals surface area (Å²) in [7, 11) is 0. The van der Waals surface area contributed by atoms with E-state index in [9.17, 15) is 19.7 Å². The average Bonchev–Trinajstić information content (AvgIpc) is 2.97. The molecule has 0 fully saturated rings. The third-order valence-corrected chi connectivity index (χ3v) is 3.33. The Morgan fingerprint density at radius 1 is 1.43 bits per heavy atom. The van der Waals surface area contributed by atoms with Crippen molar-refractivity contribution in [3.05, 3.63) is 34.4 Å². The van der Waals surface area contributed by atoms with Crippen molar-refractivity contribution < 1.29 is 19.6 Å². The van der Waals surface area contributed by atoms with Crippen LogP contribution in [0.2, 0.25) is 0 Å². The van der Waals surface area contributed by atoms with Gasteiger partial charge in [0.05, 0.1) is 17.9 Å². The van der Waals surface area contributed by atoms with E-state index in [4.69, 9.17) is 10.8 Å². The number of amidine groups is 1.